The minimum absolute atomic E-state index is 0.00173. The van der Waals surface area contributed by atoms with Crippen LogP contribution >= 0.6 is 27.3 Å². The zero-order valence-electron chi connectivity index (χ0n) is 15.5. The Bertz CT molecular complexity index is 775. The highest BCUT2D eigenvalue weighted by atomic mass is 79.9. The van der Waals surface area contributed by atoms with E-state index < -0.39 is 0 Å². The Kier molecular flexibility index (Phi) is 6.98. The van der Waals surface area contributed by atoms with Crippen molar-refractivity contribution in [2.24, 2.45) is 0 Å². The molecule has 2 amide bonds. The van der Waals surface area contributed by atoms with Gasteiger partial charge in [-0.25, -0.2) is 4.79 Å². The van der Waals surface area contributed by atoms with Crippen molar-refractivity contribution >= 4 is 33.3 Å². The van der Waals surface area contributed by atoms with Gasteiger partial charge in [-0.15, -0.1) is 11.3 Å². The van der Waals surface area contributed by atoms with E-state index in [1.165, 1.54) is 0 Å². The van der Waals surface area contributed by atoms with Gasteiger partial charge in [0.1, 0.15) is 11.5 Å². The Balaban J connectivity index is 1.49. The van der Waals surface area contributed by atoms with Crippen LogP contribution in [0.4, 0.5) is 4.79 Å². The Labute approximate surface area is 172 Å². The summed E-state index contributed by atoms with van der Waals surface area (Å²) in [6.07, 6.45) is 0. The third kappa shape index (κ3) is 5.37. The molecule has 1 aliphatic rings. The second-order valence-corrected chi connectivity index (χ2v) is 8.24. The lowest BCUT2D eigenvalue weighted by Gasteiger charge is -2.34. The van der Waals surface area contributed by atoms with Crippen molar-refractivity contribution in [1.82, 2.24) is 15.1 Å². The van der Waals surface area contributed by atoms with Gasteiger partial charge in [0.2, 0.25) is 0 Å². The highest BCUT2D eigenvalue weighted by Gasteiger charge is 2.22. The van der Waals surface area contributed by atoms with Crippen LogP contribution < -0.4 is 14.8 Å². The number of ether oxygens (including phenoxy) is 2. The lowest BCUT2D eigenvalue weighted by molar-refractivity contribution is 0.134. The van der Waals surface area contributed by atoms with Crippen molar-refractivity contribution in [3.63, 3.8) is 0 Å². The van der Waals surface area contributed by atoms with E-state index in [0.717, 1.165) is 46.0 Å². The van der Waals surface area contributed by atoms with Crippen LogP contribution in [0.25, 0.3) is 0 Å². The maximum atomic E-state index is 12.4. The van der Waals surface area contributed by atoms with E-state index in [4.69, 9.17) is 9.47 Å². The van der Waals surface area contributed by atoms with Gasteiger partial charge in [-0.3, -0.25) is 4.90 Å². The van der Waals surface area contributed by atoms with Crippen molar-refractivity contribution in [3.8, 4) is 11.5 Å². The predicted octanol–water partition coefficient (Wildman–Crippen LogP) is 3.56. The van der Waals surface area contributed by atoms with Gasteiger partial charge in [0, 0.05) is 53.0 Å². The first kappa shape index (κ1) is 20.0. The first-order chi connectivity index (χ1) is 13.1. The average Bonchev–Trinajstić information content (AvgIpc) is 3.12. The van der Waals surface area contributed by atoms with Crippen molar-refractivity contribution in [2.45, 2.75) is 13.1 Å². The summed E-state index contributed by atoms with van der Waals surface area (Å²) in [5.41, 5.74) is 1.10. The second-order valence-electron chi connectivity index (χ2n) is 6.33. The van der Waals surface area contributed by atoms with Gasteiger partial charge in [-0.1, -0.05) is 0 Å². The van der Waals surface area contributed by atoms with Crippen LogP contribution in [0.2, 0.25) is 0 Å². The van der Waals surface area contributed by atoms with Gasteiger partial charge in [0.25, 0.3) is 0 Å². The Hall–Kier alpha value is -1.77. The van der Waals surface area contributed by atoms with E-state index in [0.29, 0.717) is 19.6 Å². The molecular weight excluding hydrogens is 430 g/mol. The van der Waals surface area contributed by atoms with E-state index in [9.17, 15) is 4.79 Å². The number of hydrogen-bond donors (Lipinski definition) is 1. The number of hydrogen-bond acceptors (Lipinski definition) is 5. The summed E-state index contributed by atoms with van der Waals surface area (Å²) < 4.78 is 11.8. The molecule has 1 fully saturated rings. The standard InChI is InChI=1S/C19H24BrN3O3S/c1-25-16-3-4-18(26-2)14(9-16)12-22-5-7-23(8-6-22)19(24)21-11-17-10-15(20)13-27-17/h3-4,9-10,13H,5-8,11-12H2,1-2H3,(H,21,24). The number of piperazine rings is 1. The van der Waals surface area contributed by atoms with E-state index in [-0.39, 0.29) is 6.03 Å². The zero-order valence-corrected chi connectivity index (χ0v) is 17.9. The van der Waals surface area contributed by atoms with Crippen LogP contribution in [-0.4, -0.2) is 56.2 Å². The van der Waals surface area contributed by atoms with Gasteiger partial charge >= 0.3 is 6.03 Å². The SMILES string of the molecule is COc1ccc(OC)c(CN2CCN(C(=O)NCc3cc(Br)cs3)CC2)c1. The number of halogens is 1. The summed E-state index contributed by atoms with van der Waals surface area (Å²) in [7, 11) is 3.34. The molecule has 0 aliphatic carbocycles. The summed E-state index contributed by atoms with van der Waals surface area (Å²) in [5, 5.41) is 5.02. The molecule has 0 bridgehead atoms. The summed E-state index contributed by atoms with van der Waals surface area (Å²) in [5.74, 6) is 1.68. The summed E-state index contributed by atoms with van der Waals surface area (Å²) >= 11 is 5.07. The molecule has 1 aromatic heterocycles. The maximum absolute atomic E-state index is 12.4. The zero-order chi connectivity index (χ0) is 19.2. The van der Waals surface area contributed by atoms with Gasteiger partial charge in [-0.05, 0) is 40.2 Å². The summed E-state index contributed by atoms with van der Waals surface area (Å²) in [6, 6.07) is 7.87. The van der Waals surface area contributed by atoms with Crippen LogP contribution in [0.15, 0.2) is 34.1 Å². The molecule has 3 rings (SSSR count). The van der Waals surface area contributed by atoms with Crippen LogP contribution in [0.5, 0.6) is 11.5 Å². The second kappa shape index (κ2) is 9.43. The van der Waals surface area contributed by atoms with Crippen molar-refractivity contribution < 1.29 is 14.3 Å². The summed E-state index contributed by atoms with van der Waals surface area (Å²) in [4.78, 5) is 17.7. The van der Waals surface area contributed by atoms with E-state index >= 15 is 0 Å². The molecule has 2 heterocycles. The number of benzene rings is 1. The predicted molar refractivity (Wildman–Crippen MR) is 111 cm³/mol. The fraction of sp³-hybridized carbons (Fsp3) is 0.421. The molecule has 0 unspecified atom stereocenters. The van der Waals surface area contributed by atoms with Gasteiger partial charge < -0.3 is 19.7 Å². The lowest BCUT2D eigenvalue weighted by Crippen LogP contribution is -2.51. The molecule has 146 valence electrons. The first-order valence-electron chi connectivity index (χ1n) is 8.78. The van der Waals surface area contributed by atoms with Gasteiger partial charge in [0.05, 0.1) is 20.8 Å². The highest BCUT2D eigenvalue weighted by molar-refractivity contribution is 9.10. The molecule has 0 radical (unpaired) electrons. The van der Waals surface area contributed by atoms with Crippen LogP contribution in [0, 0.1) is 0 Å². The Morgan fingerprint density at radius 2 is 1.96 bits per heavy atom. The number of rotatable bonds is 6. The molecule has 1 aliphatic heterocycles. The molecule has 1 N–H and O–H groups in total. The van der Waals surface area contributed by atoms with Crippen molar-refractivity contribution in [3.05, 3.63) is 44.6 Å². The summed E-state index contributed by atoms with van der Waals surface area (Å²) in [6.45, 7) is 4.44. The minimum Gasteiger partial charge on any atom is -0.497 e. The van der Waals surface area contributed by atoms with Crippen LogP contribution in [-0.2, 0) is 13.1 Å². The molecule has 0 spiro atoms. The topological polar surface area (TPSA) is 54.0 Å². The fourth-order valence-electron chi connectivity index (χ4n) is 3.08. The monoisotopic (exact) mass is 453 g/mol. The number of nitrogens with zero attached hydrogens (tertiary/aromatic N) is 2. The molecule has 2 aromatic rings. The average molecular weight is 454 g/mol. The van der Waals surface area contributed by atoms with Gasteiger partial charge in [0.15, 0.2) is 0 Å². The molecule has 8 heteroatoms. The number of urea groups is 1. The van der Waals surface area contributed by atoms with E-state index in [2.05, 4.69) is 26.1 Å². The number of amides is 2. The molecule has 1 aromatic carbocycles. The van der Waals surface area contributed by atoms with Crippen molar-refractivity contribution in [2.75, 3.05) is 40.4 Å². The van der Waals surface area contributed by atoms with Crippen LogP contribution in [0.1, 0.15) is 10.4 Å². The number of thiophene rings is 1. The Morgan fingerprint density at radius 1 is 1.19 bits per heavy atom. The number of nitrogens with one attached hydrogen (secondary N) is 1. The lowest BCUT2D eigenvalue weighted by atomic mass is 10.1. The molecule has 27 heavy (non-hydrogen) atoms. The molecule has 1 saturated heterocycles. The molecule has 0 atom stereocenters. The van der Waals surface area contributed by atoms with Crippen LogP contribution in [0.3, 0.4) is 0 Å². The van der Waals surface area contributed by atoms with E-state index in [1.807, 2.05) is 34.5 Å². The molecular formula is C19H24BrN3O3S. The third-order valence-electron chi connectivity index (χ3n) is 4.58. The number of carbonyl (C=O) groups is 1. The Morgan fingerprint density at radius 3 is 2.59 bits per heavy atom. The van der Waals surface area contributed by atoms with E-state index in [1.54, 1.807) is 25.6 Å². The molecule has 0 saturated carbocycles. The fourth-order valence-corrected chi connectivity index (χ4v) is 4.47. The quantitative estimate of drug-likeness (QED) is 0.726. The maximum Gasteiger partial charge on any atom is 0.317 e. The number of methoxy groups -OCH3 is 2. The van der Waals surface area contributed by atoms with Crippen molar-refractivity contribution in [1.29, 1.82) is 0 Å². The highest BCUT2D eigenvalue weighted by Crippen LogP contribution is 2.25. The normalized spacial score (nSPS) is 14.9. The van der Waals surface area contributed by atoms with Gasteiger partial charge in [-0.2, -0.15) is 0 Å². The minimum atomic E-state index is -0.00173. The number of carbonyl (C=O) groups excluding carboxylic acids is 1. The third-order valence-corrected chi connectivity index (χ3v) is 6.27. The largest absolute Gasteiger partial charge is 0.497 e. The smallest absolute Gasteiger partial charge is 0.317 e. The molecule has 6 nitrogen and oxygen atoms in total. The first-order valence-corrected chi connectivity index (χ1v) is 10.4.